The van der Waals surface area contributed by atoms with Crippen molar-refractivity contribution in [2.75, 3.05) is 25.1 Å². The first kappa shape index (κ1) is 32.2. The number of halogens is 1. The molecule has 1 fully saturated rings. The molecule has 202 valence electrons. The molecule has 0 bridgehead atoms. The maximum atomic E-state index is 10.3. The summed E-state index contributed by atoms with van der Waals surface area (Å²) in [5, 5.41) is 13.8. The van der Waals surface area contributed by atoms with Crippen molar-refractivity contribution in [3.05, 3.63) is 83.4 Å². The number of nitrogens with zero attached hydrogens (tertiary/aromatic N) is 1. The van der Waals surface area contributed by atoms with Crippen LogP contribution in [-0.2, 0) is 15.9 Å². The van der Waals surface area contributed by atoms with Gasteiger partial charge in [0.1, 0.15) is 12.4 Å². The van der Waals surface area contributed by atoms with Crippen molar-refractivity contribution < 1.29 is 14.6 Å². The van der Waals surface area contributed by atoms with Crippen molar-refractivity contribution in [2.45, 2.75) is 64.9 Å². The number of aliphatic hydroxyl groups excluding tert-OH is 1. The van der Waals surface area contributed by atoms with Crippen LogP contribution < -0.4 is 5.32 Å². The van der Waals surface area contributed by atoms with Gasteiger partial charge in [0.05, 0.1) is 16.9 Å². The molecule has 0 radical (unpaired) electrons. The lowest BCUT2D eigenvalue weighted by atomic mass is 10.1. The van der Waals surface area contributed by atoms with Crippen molar-refractivity contribution in [3.8, 4) is 12.8 Å². The molecule has 1 unspecified atom stereocenters. The van der Waals surface area contributed by atoms with Gasteiger partial charge < -0.3 is 19.9 Å². The minimum Gasteiger partial charge on any atom is -0.494 e. The van der Waals surface area contributed by atoms with Gasteiger partial charge in [-0.05, 0) is 87.8 Å². The molecular formula is C31H43ClN2O3. The largest absolute Gasteiger partial charge is 0.494 e. The van der Waals surface area contributed by atoms with Gasteiger partial charge >= 0.3 is 0 Å². The number of hydrogen-bond donors (Lipinski definition) is 2. The zero-order valence-electron chi connectivity index (χ0n) is 22.4. The minimum atomic E-state index is -0.505. The summed E-state index contributed by atoms with van der Waals surface area (Å²) >= 11 is 6.01. The van der Waals surface area contributed by atoms with Gasteiger partial charge in [0.25, 0.3) is 0 Å². The lowest BCUT2D eigenvalue weighted by molar-refractivity contribution is 0.137. The van der Waals surface area contributed by atoms with Crippen LogP contribution in [0.2, 0.25) is 5.02 Å². The smallest absolute Gasteiger partial charge is 0.133 e. The molecule has 0 aromatic carbocycles. The van der Waals surface area contributed by atoms with E-state index < -0.39 is 6.10 Å². The highest BCUT2D eigenvalue weighted by atomic mass is 35.5. The molecule has 2 aliphatic carbocycles. The van der Waals surface area contributed by atoms with Crippen LogP contribution in [0.1, 0.15) is 57.9 Å². The molecule has 1 saturated carbocycles. The highest BCUT2D eigenvalue weighted by Gasteiger charge is 2.20. The third-order valence-corrected chi connectivity index (χ3v) is 5.79. The van der Waals surface area contributed by atoms with Gasteiger partial charge in [0.2, 0.25) is 0 Å². The number of pyridine rings is 1. The van der Waals surface area contributed by atoms with E-state index in [0.29, 0.717) is 30.3 Å². The third-order valence-electron chi connectivity index (χ3n) is 5.58. The number of aromatic nitrogens is 1. The summed E-state index contributed by atoms with van der Waals surface area (Å²) in [6.45, 7) is 10.2. The Labute approximate surface area is 229 Å². The van der Waals surface area contributed by atoms with Crippen LogP contribution >= 0.6 is 11.6 Å². The summed E-state index contributed by atoms with van der Waals surface area (Å²) in [6.07, 6.45) is 29.9. The molecule has 1 aromatic heterocycles. The zero-order valence-corrected chi connectivity index (χ0v) is 23.1. The van der Waals surface area contributed by atoms with Crippen LogP contribution in [0.5, 0.6) is 0 Å². The Hall–Kier alpha value is -2.78. The molecule has 6 heteroatoms. The molecule has 0 amide bonds. The van der Waals surface area contributed by atoms with E-state index in [1.54, 1.807) is 12.4 Å². The van der Waals surface area contributed by atoms with E-state index in [2.05, 4.69) is 54.0 Å². The van der Waals surface area contributed by atoms with Crippen LogP contribution in [-0.4, -0.2) is 36.0 Å². The summed E-state index contributed by atoms with van der Waals surface area (Å²) in [7, 11) is 0. The highest BCUT2D eigenvalue weighted by Crippen LogP contribution is 2.28. The number of aliphatic hydroxyl groups is 1. The molecule has 0 aliphatic heterocycles. The Kier molecular flexibility index (Phi) is 17.7. The van der Waals surface area contributed by atoms with E-state index in [1.165, 1.54) is 18.4 Å². The molecule has 1 heterocycles. The fourth-order valence-electron chi connectivity index (χ4n) is 3.39. The van der Waals surface area contributed by atoms with Gasteiger partial charge in [-0.1, -0.05) is 48.6 Å². The lowest BCUT2D eigenvalue weighted by Crippen LogP contribution is -2.11. The van der Waals surface area contributed by atoms with E-state index in [-0.39, 0.29) is 0 Å². The Morgan fingerprint density at radius 1 is 1.35 bits per heavy atom. The lowest BCUT2D eigenvalue weighted by Gasteiger charge is -2.12. The standard InChI is InChI=1S/C23H29ClN2O2.C6H12O.C2H2/c1-3-25-23-20(14-21(24)16-26-23)15-22(27)13-9-4-6-10-18(2)28-17-19-11-7-5-8-12-19;1-2-7-5-6-3-4-6;1-2/h3-5,7,9-11,14,16,22,27H,1,6,8,12-13,15,17H2,2H3,(H,25,26);6H,2-5H2,1H3;1-2H/b9-4-,18-10+;;. The van der Waals surface area contributed by atoms with Gasteiger partial charge in [-0.3, -0.25) is 0 Å². The number of nitrogens with one attached hydrogen (secondary N) is 1. The van der Waals surface area contributed by atoms with Crippen LogP contribution in [0, 0.1) is 18.8 Å². The first-order valence-corrected chi connectivity index (χ1v) is 13.3. The van der Waals surface area contributed by atoms with Crippen molar-refractivity contribution >= 4 is 17.4 Å². The second-order valence-electron chi connectivity index (χ2n) is 8.81. The second-order valence-corrected chi connectivity index (χ2v) is 9.24. The SMILES string of the molecule is C#C.C=CNc1ncc(Cl)cc1CC(O)C/C=C\C/C=C(\C)OCC1=CC=CCC1.CCOCC1CC1. The quantitative estimate of drug-likeness (QED) is 0.150. The first-order valence-electron chi connectivity index (χ1n) is 12.9. The third kappa shape index (κ3) is 15.8. The highest BCUT2D eigenvalue weighted by molar-refractivity contribution is 6.30. The van der Waals surface area contributed by atoms with Crippen molar-refractivity contribution in [3.63, 3.8) is 0 Å². The summed E-state index contributed by atoms with van der Waals surface area (Å²) in [4.78, 5) is 4.23. The van der Waals surface area contributed by atoms with Gasteiger partial charge in [0.15, 0.2) is 0 Å². The van der Waals surface area contributed by atoms with E-state index >= 15 is 0 Å². The van der Waals surface area contributed by atoms with Crippen molar-refractivity contribution in [1.29, 1.82) is 0 Å². The molecule has 2 aliphatic rings. The molecule has 0 spiro atoms. The summed E-state index contributed by atoms with van der Waals surface area (Å²) in [6, 6.07) is 1.81. The molecule has 3 rings (SSSR count). The molecule has 2 N–H and O–H groups in total. The Balaban J connectivity index is 0.000000645. The fourth-order valence-corrected chi connectivity index (χ4v) is 3.57. The van der Waals surface area contributed by atoms with E-state index in [0.717, 1.165) is 49.7 Å². The van der Waals surface area contributed by atoms with Gasteiger partial charge in [-0.2, -0.15) is 0 Å². The molecule has 5 nitrogen and oxygen atoms in total. The van der Waals surface area contributed by atoms with Crippen LogP contribution in [0.15, 0.2) is 72.8 Å². The molecule has 1 aromatic rings. The number of terminal acetylenes is 1. The van der Waals surface area contributed by atoms with Gasteiger partial charge in [-0.25, -0.2) is 4.98 Å². The average molecular weight is 527 g/mol. The maximum Gasteiger partial charge on any atom is 0.133 e. The number of allylic oxidation sites excluding steroid dienone is 6. The number of rotatable bonds is 14. The summed E-state index contributed by atoms with van der Waals surface area (Å²) < 4.78 is 10.9. The van der Waals surface area contributed by atoms with Crippen LogP contribution in [0.3, 0.4) is 0 Å². The van der Waals surface area contributed by atoms with Crippen LogP contribution in [0.4, 0.5) is 5.82 Å². The molecule has 0 saturated heterocycles. The predicted molar refractivity (Wildman–Crippen MR) is 156 cm³/mol. The molecule has 1 atom stereocenters. The fraction of sp³-hybridized carbons (Fsp3) is 0.452. The number of hydrogen-bond acceptors (Lipinski definition) is 5. The van der Waals surface area contributed by atoms with Gasteiger partial charge in [-0.15, -0.1) is 12.8 Å². The maximum absolute atomic E-state index is 10.3. The normalized spacial score (nSPS) is 15.5. The first-order chi connectivity index (χ1) is 18.0. The van der Waals surface area contributed by atoms with Gasteiger partial charge in [0, 0.05) is 25.8 Å². The van der Waals surface area contributed by atoms with E-state index in [9.17, 15) is 5.11 Å². The van der Waals surface area contributed by atoms with Crippen molar-refractivity contribution in [2.24, 2.45) is 5.92 Å². The molecular weight excluding hydrogens is 484 g/mol. The summed E-state index contributed by atoms with van der Waals surface area (Å²) in [5.74, 6) is 2.52. The number of anilines is 1. The minimum absolute atomic E-state index is 0.468. The predicted octanol–water partition coefficient (Wildman–Crippen LogP) is 7.41. The topological polar surface area (TPSA) is 63.6 Å². The van der Waals surface area contributed by atoms with E-state index in [4.69, 9.17) is 21.1 Å². The molecule has 37 heavy (non-hydrogen) atoms. The Morgan fingerprint density at radius 2 is 2.14 bits per heavy atom. The monoisotopic (exact) mass is 526 g/mol. The van der Waals surface area contributed by atoms with Crippen LogP contribution in [0.25, 0.3) is 0 Å². The van der Waals surface area contributed by atoms with E-state index in [1.807, 2.05) is 32.1 Å². The second kappa shape index (κ2) is 20.3. The summed E-state index contributed by atoms with van der Waals surface area (Å²) in [5.41, 5.74) is 2.19. The van der Waals surface area contributed by atoms with Crippen molar-refractivity contribution in [1.82, 2.24) is 4.98 Å². The Bertz CT molecular complexity index is 930. The average Bonchev–Trinajstić information content (AvgIpc) is 3.74. The number of ether oxygens (including phenoxy) is 2. The zero-order chi connectivity index (χ0) is 27.3. The Morgan fingerprint density at radius 3 is 2.78 bits per heavy atom.